The Morgan fingerprint density at radius 2 is 1.65 bits per heavy atom. The van der Waals surface area contributed by atoms with Gasteiger partial charge in [0.1, 0.15) is 5.65 Å². The maximum absolute atomic E-state index is 6.40. The molecular formula is C17H17ClN2. The number of nitrogens with zero attached hydrogens (tertiary/aromatic N) is 2. The zero-order chi connectivity index (χ0) is 14.3. The van der Waals surface area contributed by atoms with Crippen molar-refractivity contribution in [3.05, 3.63) is 59.4 Å². The first-order valence-electron chi connectivity index (χ1n) is 6.76. The van der Waals surface area contributed by atoms with Crippen LogP contribution in [-0.4, -0.2) is 9.38 Å². The number of fused-ring (bicyclic) bond motifs is 1. The molecule has 3 heteroatoms. The Morgan fingerprint density at radius 3 is 2.30 bits per heavy atom. The molecular weight excluding hydrogens is 268 g/mol. The Hall–Kier alpha value is -1.80. The lowest BCUT2D eigenvalue weighted by molar-refractivity contribution is 0.960. The molecule has 20 heavy (non-hydrogen) atoms. The highest BCUT2D eigenvalue weighted by molar-refractivity contribution is 6.20. The Labute approximate surface area is 124 Å². The van der Waals surface area contributed by atoms with E-state index in [2.05, 4.69) is 54.8 Å². The first kappa shape index (κ1) is 13.2. The fraction of sp³-hybridized carbons (Fsp3) is 0.235. The van der Waals surface area contributed by atoms with E-state index < -0.39 is 0 Å². The Bertz CT molecular complexity index is 755. The molecule has 0 amide bonds. The summed E-state index contributed by atoms with van der Waals surface area (Å²) in [6.07, 6.45) is 2.09. The molecule has 3 aromatic rings. The molecule has 0 fully saturated rings. The van der Waals surface area contributed by atoms with E-state index >= 15 is 0 Å². The van der Waals surface area contributed by atoms with Crippen LogP contribution >= 0.6 is 11.6 Å². The summed E-state index contributed by atoms with van der Waals surface area (Å²) in [6, 6.07) is 12.5. The van der Waals surface area contributed by atoms with Crippen molar-refractivity contribution in [2.45, 2.75) is 26.1 Å². The van der Waals surface area contributed by atoms with Crippen LogP contribution in [0.15, 0.2) is 42.6 Å². The van der Waals surface area contributed by atoms with Crippen LogP contribution in [0.2, 0.25) is 0 Å². The molecule has 3 rings (SSSR count). The van der Waals surface area contributed by atoms with Gasteiger partial charge in [-0.15, -0.1) is 11.6 Å². The molecule has 0 spiro atoms. The molecule has 0 aliphatic carbocycles. The molecule has 1 aromatic carbocycles. The van der Waals surface area contributed by atoms with Crippen LogP contribution in [0.4, 0.5) is 0 Å². The first-order valence-corrected chi connectivity index (χ1v) is 7.19. The van der Waals surface area contributed by atoms with Crippen molar-refractivity contribution in [2.75, 3.05) is 0 Å². The third kappa shape index (κ3) is 2.20. The van der Waals surface area contributed by atoms with Gasteiger partial charge in [0.2, 0.25) is 0 Å². The van der Waals surface area contributed by atoms with Crippen LogP contribution in [0.25, 0.3) is 16.9 Å². The standard InChI is InChI=1S/C17H17ClN2/c1-11-4-7-14(8-5-11)16-17(13(3)18)20-10-12(2)6-9-15(20)19-16/h4-10,13H,1-3H3. The number of alkyl halides is 1. The highest BCUT2D eigenvalue weighted by atomic mass is 35.5. The summed E-state index contributed by atoms with van der Waals surface area (Å²) in [4.78, 5) is 4.75. The van der Waals surface area contributed by atoms with E-state index in [-0.39, 0.29) is 5.38 Å². The van der Waals surface area contributed by atoms with E-state index in [9.17, 15) is 0 Å². The average molecular weight is 285 g/mol. The second-order valence-corrected chi connectivity index (χ2v) is 5.92. The minimum absolute atomic E-state index is 0.0943. The van der Waals surface area contributed by atoms with Gasteiger partial charge in [-0.3, -0.25) is 0 Å². The number of imidazole rings is 1. The van der Waals surface area contributed by atoms with Gasteiger partial charge >= 0.3 is 0 Å². The number of hydrogen-bond acceptors (Lipinski definition) is 1. The molecule has 0 aliphatic heterocycles. The zero-order valence-electron chi connectivity index (χ0n) is 11.9. The minimum atomic E-state index is -0.0943. The Balaban J connectivity index is 2.29. The Kier molecular flexibility index (Phi) is 3.27. The average Bonchev–Trinajstić information content (AvgIpc) is 2.78. The Morgan fingerprint density at radius 1 is 1.00 bits per heavy atom. The van der Waals surface area contributed by atoms with Gasteiger partial charge in [-0.1, -0.05) is 35.9 Å². The maximum atomic E-state index is 6.40. The molecule has 0 bridgehead atoms. The quantitative estimate of drug-likeness (QED) is 0.611. The molecule has 0 aliphatic rings. The molecule has 0 saturated carbocycles. The van der Waals surface area contributed by atoms with Crippen molar-refractivity contribution in [3.63, 3.8) is 0 Å². The molecule has 0 saturated heterocycles. The van der Waals surface area contributed by atoms with Crippen molar-refractivity contribution < 1.29 is 0 Å². The van der Waals surface area contributed by atoms with Crippen LogP contribution in [0.5, 0.6) is 0 Å². The van der Waals surface area contributed by atoms with Gasteiger partial charge < -0.3 is 4.40 Å². The van der Waals surface area contributed by atoms with Crippen LogP contribution in [0.1, 0.15) is 29.1 Å². The fourth-order valence-corrected chi connectivity index (χ4v) is 2.68. The predicted octanol–water partition coefficient (Wildman–Crippen LogP) is 4.92. The number of pyridine rings is 1. The van der Waals surface area contributed by atoms with E-state index in [0.717, 1.165) is 22.6 Å². The van der Waals surface area contributed by atoms with Crippen molar-refractivity contribution >= 4 is 17.2 Å². The van der Waals surface area contributed by atoms with Crippen molar-refractivity contribution in [1.29, 1.82) is 0 Å². The number of rotatable bonds is 2. The maximum Gasteiger partial charge on any atom is 0.137 e. The van der Waals surface area contributed by atoms with Gasteiger partial charge in [-0.2, -0.15) is 0 Å². The number of hydrogen-bond donors (Lipinski definition) is 0. The number of benzene rings is 1. The number of aryl methyl sites for hydroxylation is 2. The third-order valence-electron chi connectivity index (χ3n) is 3.51. The first-order chi connectivity index (χ1) is 9.56. The molecule has 2 heterocycles. The molecule has 2 aromatic heterocycles. The minimum Gasteiger partial charge on any atom is -0.302 e. The molecule has 1 atom stereocenters. The smallest absolute Gasteiger partial charge is 0.137 e. The number of halogens is 1. The van der Waals surface area contributed by atoms with E-state index in [1.165, 1.54) is 11.1 Å². The number of aromatic nitrogens is 2. The van der Waals surface area contributed by atoms with Crippen molar-refractivity contribution in [1.82, 2.24) is 9.38 Å². The largest absolute Gasteiger partial charge is 0.302 e. The fourth-order valence-electron chi connectivity index (χ4n) is 2.47. The van der Waals surface area contributed by atoms with Gasteiger partial charge in [0.15, 0.2) is 0 Å². The second-order valence-electron chi connectivity index (χ2n) is 5.26. The van der Waals surface area contributed by atoms with Crippen molar-refractivity contribution in [3.8, 4) is 11.3 Å². The summed E-state index contributed by atoms with van der Waals surface area (Å²) in [5, 5.41) is -0.0943. The lowest BCUT2D eigenvalue weighted by Crippen LogP contribution is -1.96. The van der Waals surface area contributed by atoms with Crippen LogP contribution in [-0.2, 0) is 0 Å². The molecule has 102 valence electrons. The SMILES string of the molecule is Cc1ccc(-c2nc3ccc(C)cn3c2C(C)Cl)cc1. The van der Waals surface area contributed by atoms with Crippen molar-refractivity contribution in [2.24, 2.45) is 0 Å². The van der Waals surface area contributed by atoms with Gasteiger partial charge in [-0.25, -0.2) is 4.98 Å². The van der Waals surface area contributed by atoms with Gasteiger partial charge in [0.25, 0.3) is 0 Å². The van der Waals surface area contributed by atoms with Crippen LogP contribution in [0.3, 0.4) is 0 Å². The lowest BCUT2D eigenvalue weighted by atomic mass is 10.1. The van der Waals surface area contributed by atoms with E-state index in [1.807, 2.05) is 13.0 Å². The monoisotopic (exact) mass is 284 g/mol. The summed E-state index contributed by atoms with van der Waals surface area (Å²) in [7, 11) is 0. The third-order valence-corrected chi connectivity index (χ3v) is 3.71. The normalized spacial score (nSPS) is 12.8. The van der Waals surface area contributed by atoms with Crippen LogP contribution < -0.4 is 0 Å². The summed E-state index contributed by atoms with van der Waals surface area (Å²) in [6.45, 7) is 6.15. The van der Waals surface area contributed by atoms with E-state index in [1.54, 1.807) is 0 Å². The van der Waals surface area contributed by atoms with E-state index in [0.29, 0.717) is 0 Å². The highest BCUT2D eigenvalue weighted by Gasteiger charge is 2.17. The topological polar surface area (TPSA) is 17.3 Å². The van der Waals surface area contributed by atoms with Gasteiger partial charge in [-0.05, 0) is 32.4 Å². The molecule has 0 radical (unpaired) electrons. The summed E-state index contributed by atoms with van der Waals surface area (Å²) >= 11 is 6.40. The summed E-state index contributed by atoms with van der Waals surface area (Å²) in [5.41, 5.74) is 6.51. The summed E-state index contributed by atoms with van der Waals surface area (Å²) < 4.78 is 2.10. The summed E-state index contributed by atoms with van der Waals surface area (Å²) in [5.74, 6) is 0. The zero-order valence-corrected chi connectivity index (χ0v) is 12.6. The predicted molar refractivity (Wildman–Crippen MR) is 84.4 cm³/mol. The van der Waals surface area contributed by atoms with Crippen LogP contribution in [0, 0.1) is 13.8 Å². The molecule has 1 unspecified atom stereocenters. The van der Waals surface area contributed by atoms with Gasteiger partial charge in [0, 0.05) is 11.8 Å². The molecule has 0 N–H and O–H groups in total. The second kappa shape index (κ2) is 4.95. The highest BCUT2D eigenvalue weighted by Crippen LogP contribution is 2.32. The van der Waals surface area contributed by atoms with E-state index in [4.69, 9.17) is 16.6 Å². The lowest BCUT2D eigenvalue weighted by Gasteiger charge is -2.08. The molecule has 2 nitrogen and oxygen atoms in total. The van der Waals surface area contributed by atoms with Gasteiger partial charge in [0.05, 0.1) is 16.8 Å².